The van der Waals surface area contributed by atoms with Crippen molar-refractivity contribution in [3.8, 4) is 17.2 Å². The summed E-state index contributed by atoms with van der Waals surface area (Å²) in [5.74, 6) is 0.779. The Hall–Kier alpha value is -4.37. The summed E-state index contributed by atoms with van der Waals surface area (Å²) in [7, 11) is 0. The second-order valence-electron chi connectivity index (χ2n) is 7.27. The fraction of sp³-hybridized carbons (Fsp3) is 0.0833. The first-order valence-electron chi connectivity index (χ1n) is 10.1. The van der Waals surface area contributed by atoms with Crippen LogP contribution in [0.2, 0.25) is 5.02 Å². The maximum absolute atomic E-state index is 12.7. The van der Waals surface area contributed by atoms with E-state index in [1.165, 1.54) is 28.9 Å². The van der Waals surface area contributed by atoms with Gasteiger partial charge in [-0.1, -0.05) is 29.8 Å². The van der Waals surface area contributed by atoms with Gasteiger partial charge in [0.05, 0.1) is 16.7 Å². The summed E-state index contributed by atoms with van der Waals surface area (Å²) >= 11 is 6.04. The molecule has 0 aliphatic heterocycles. The molecule has 0 fully saturated rings. The van der Waals surface area contributed by atoms with Crippen LogP contribution in [0.1, 0.15) is 16.1 Å². The average molecular weight is 479 g/mol. The van der Waals surface area contributed by atoms with Crippen molar-refractivity contribution >= 4 is 28.9 Å². The number of anilines is 1. The van der Waals surface area contributed by atoms with Gasteiger partial charge in [-0.15, -0.1) is 0 Å². The Labute approximate surface area is 199 Å². The molecule has 0 spiro atoms. The van der Waals surface area contributed by atoms with Gasteiger partial charge in [-0.05, 0) is 48.9 Å². The Kier molecular flexibility index (Phi) is 6.74. The summed E-state index contributed by atoms with van der Waals surface area (Å²) in [6.07, 6.45) is 1.60. The first kappa shape index (κ1) is 22.8. The lowest BCUT2D eigenvalue weighted by Crippen LogP contribution is -2.14. The van der Waals surface area contributed by atoms with Gasteiger partial charge in [0.15, 0.2) is 12.4 Å². The lowest BCUT2D eigenvalue weighted by Gasteiger charge is -2.10. The maximum Gasteiger partial charge on any atom is 0.276 e. The molecule has 1 aromatic heterocycles. The van der Waals surface area contributed by atoms with Crippen molar-refractivity contribution in [3.63, 3.8) is 0 Å². The molecular formula is C24H19ClN4O5. The second kappa shape index (κ2) is 10.1. The first-order valence-corrected chi connectivity index (χ1v) is 10.5. The van der Waals surface area contributed by atoms with Crippen LogP contribution in [0.3, 0.4) is 0 Å². The van der Waals surface area contributed by atoms with Crippen LogP contribution in [0.25, 0.3) is 0 Å². The number of carbonyl (C=O) groups is 1. The fourth-order valence-electron chi connectivity index (χ4n) is 3.04. The van der Waals surface area contributed by atoms with Gasteiger partial charge in [-0.25, -0.2) is 4.68 Å². The zero-order valence-corrected chi connectivity index (χ0v) is 18.7. The Morgan fingerprint density at radius 2 is 1.85 bits per heavy atom. The van der Waals surface area contributed by atoms with E-state index in [1.807, 2.05) is 37.3 Å². The lowest BCUT2D eigenvalue weighted by molar-refractivity contribution is -0.384. The largest absolute Gasteiger partial charge is 0.471 e. The highest BCUT2D eigenvalue weighted by Crippen LogP contribution is 2.31. The SMILES string of the molecule is Cc1cc(Oc2cc(NC(=O)c3ccn(COc4ccccc4)n3)cc([N+](=O)[O-])c2)ccc1Cl. The molecule has 1 heterocycles. The number of hydrogen-bond acceptors (Lipinski definition) is 6. The average Bonchev–Trinajstić information content (AvgIpc) is 3.30. The molecule has 34 heavy (non-hydrogen) atoms. The van der Waals surface area contributed by atoms with Gasteiger partial charge in [0.1, 0.15) is 17.2 Å². The molecule has 0 saturated carbocycles. The Morgan fingerprint density at radius 3 is 2.59 bits per heavy atom. The van der Waals surface area contributed by atoms with Crippen LogP contribution in [0.5, 0.6) is 17.2 Å². The Morgan fingerprint density at radius 1 is 1.06 bits per heavy atom. The van der Waals surface area contributed by atoms with Crippen LogP contribution >= 0.6 is 11.6 Å². The summed E-state index contributed by atoms with van der Waals surface area (Å²) in [6.45, 7) is 1.94. The van der Waals surface area contributed by atoms with Gasteiger partial charge in [0, 0.05) is 23.4 Å². The van der Waals surface area contributed by atoms with Crippen LogP contribution in [0, 0.1) is 17.0 Å². The van der Waals surface area contributed by atoms with Crippen molar-refractivity contribution in [3.05, 3.63) is 105 Å². The highest BCUT2D eigenvalue weighted by molar-refractivity contribution is 6.31. The monoisotopic (exact) mass is 478 g/mol. The number of halogens is 1. The predicted octanol–water partition coefficient (Wildman–Crippen LogP) is 5.83. The maximum atomic E-state index is 12.7. The van der Waals surface area contributed by atoms with Crippen molar-refractivity contribution in [2.75, 3.05) is 5.32 Å². The third kappa shape index (κ3) is 5.70. The van der Waals surface area contributed by atoms with E-state index in [0.29, 0.717) is 16.5 Å². The quantitative estimate of drug-likeness (QED) is 0.252. The van der Waals surface area contributed by atoms with Gasteiger partial charge >= 0.3 is 0 Å². The molecule has 1 N–H and O–H groups in total. The first-order chi connectivity index (χ1) is 16.4. The molecule has 0 aliphatic carbocycles. The molecule has 0 saturated heterocycles. The number of ether oxygens (including phenoxy) is 2. The number of nitro groups is 1. The minimum Gasteiger partial charge on any atom is -0.471 e. The van der Waals surface area contributed by atoms with Crippen molar-refractivity contribution in [2.24, 2.45) is 0 Å². The van der Waals surface area contributed by atoms with E-state index in [1.54, 1.807) is 24.4 Å². The molecule has 3 aromatic carbocycles. The zero-order chi connectivity index (χ0) is 24.1. The summed E-state index contributed by atoms with van der Waals surface area (Å²) in [5, 5.41) is 18.8. The number of hydrogen-bond donors (Lipinski definition) is 1. The number of rotatable bonds is 8. The van der Waals surface area contributed by atoms with E-state index < -0.39 is 10.8 Å². The standard InChI is InChI=1S/C24H19ClN4O5/c1-16-11-20(7-8-22(16)25)34-21-13-17(12-18(14-21)29(31)32)26-24(30)23-9-10-28(27-23)15-33-19-5-3-2-4-6-19/h2-14H,15H2,1H3,(H,26,30). The van der Waals surface area contributed by atoms with Crippen molar-refractivity contribution in [1.82, 2.24) is 9.78 Å². The van der Waals surface area contributed by atoms with Gasteiger partial charge in [-0.2, -0.15) is 5.10 Å². The summed E-state index contributed by atoms with van der Waals surface area (Å²) in [4.78, 5) is 23.5. The van der Waals surface area contributed by atoms with Crippen molar-refractivity contribution < 1.29 is 19.2 Å². The number of nitrogens with one attached hydrogen (secondary N) is 1. The number of para-hydroxylation sites is 1. The van der Waals surface area contributed by atoms with E-state index in [4.69, 9.17) is 21.1 Å². The molecule has 0 atom stereocenters. The fourth-order valence-corrected chi connectivity index (χ4v) is 3.16. The highest BCUT2D eigenvalue weighted by atomic mass is 35.5. The Balaban J connectivity index is 1.48. The van der Waals surface area contributed by atoms with E-state index in [9.17, 15) is 14.9 Å². The molecule has 10 heteroatoms. The molecule has 4 rings (SSSR count). The van der Waals surface area contributed by atoms with E-state index in [2.05, 4.69) is 10.4 Å². The van der Waals surface area contributed by atoms with Crippen LogP contribution in [-0.4, -0.2) is 20.6 Å². The zero-order valence-electron chi connectivity index (χ0n) is 18.0. The van der Waals surface area contributed by atoms with Gasteiger partial charge in [-0.3, -0.25) is 14.9 Å². The molecule has 0 unspecified atom stereocenters. The molecule has 9 nitrogen and oxygen atoms in total. The number of nitro benzene ring substituents is 1. The number of aromatic nitrogens is 2. The van der Waals surface area contributed by atoms with Crippen molar-refractivity contribution in [2.45, 2.75) is 13.7 Å². The van der Waals surface area contributed by atoms with E-state index in [-0.39, 0.29) is 29.5 Å². The van der Waals surface area contributed by atoms with Gasteiger partial charge < -0.3 is 14.8 Å². The van der Waals surface area contributed by atoms with Crippen LogP contribution in [0.4, 0.5) is 11.4 Å². The molecule has 0 aliphatic rings. The van der Waals surface area contributed by atoms with Crippen LogP contribution < -0.4 is 14.8 Å². The molecule has 172 valence electrons. The molecule has 4 aromatic rings. The van der Waals surface area contributed by atoms with Crippen LogP contribution in [0.15, 0.2) is 79.0 Å². The number of non-ortho nitro benzene ring substituents is 1. The lowest BCUT2D eigenvalue weighted by atomic mass is 10.2. The summed E-state index contributed by atoms with van der Waals surface area (Å²) < 4.78 is 12.8. The number of aryl methyl sites for hydroxylation is 1. The number of amides is 1. The van der Waals surface area contributed by atoms with Gasteiger partial charge in [0.25, 0.3) is 11.6 Å². The minimum atomic E-state index is -0.564. The van der Waals surface area contributed by atoms with Crippen LogP contribution in [-0.2, 0) is 6.73 Å². The predicted molar refractivity (Wildman–Crippen MR) is 127 cm³/mol. The second-order valence-corrected chi connectivity index (χ2v) is 7.67. The molecule has 0 radical (unpaired) electrons. The third-order valence-electron chi connectivity index (χ3n) is 4.71. The number of carbonyl (C=O) groups excluding carboxylic acids is 1. The normalized spacial score (nSPS) is 10.5. The molecule has 1 amide bonds. The number of nitrogens with zero attached hydrogens (tertiary/aromatic N) is 3. The minimum absolute atomic E-state index is 0.118. The van der Waals surface area contributed by atoms with E-state index >= 15 is 0 Å². The smallest absolute Gasteiger partial charge is 0.276 e. The van der Waals surface area contributed by atoms with E-state index in [0.717, 1.165) is 5.56 Å². The molecule has 0 bridgehead atoms. The topological polar surface area (TPSA) is 109 Å². The third-order valence-corrected chi connectivity index (χ3v) is 5.13. The van der Waals surface area contributed by atoms with Crippen molar-refractivity contribution in [1.29, 1.82) is 0 Å². The highest BCUT2D eigenvalue weighted by Gasteiger charge is 2.16. The summed E-state index contributed by atoms with van der Waals surface area (Å²) in [6, 6.07) is 19.8. The van der Waals surface area contributed by atoms with Gasteiger partial charge in [0.2, 0.25) is 0 Å². The Bertz CT molecular complexity index is 1340. The molecular weight excluding hydrogens is 460 g/mol. The summed E-state index contributed by atoms with van der Waals surface area (Å²) in [5.41, 5.74) is 0.874. The number of benzene rings is 3.